The van der Waals surface area contributed by atoms with E-state index >= 15 is 0 Å². The lowest BCUT2D eigenvalue weighted by Gasteiger charge is -2.18. The smallest absolute Gasteiger partial charge is 0.169 e. The largest absolute Gasteiger partial charge is 0.381 e. The lowest BCUT2D eigenvalue weighted by molar-refractivity contribution is 0.0836. The normalized spacial score (nSPS) is 18.1. The first-order chi connectivity index (χ1) is 7.84. The molecule has 3 heterocycles. The number of rotatable bonds is 1. The van der Waals surface area contributed by atoms with E-state index in [1.165, 1.54) is 0 Å². The summed E-state index contributed by atoms with van der Waals surface area (Å²) in [6.07, 6.45) is 3.97. The predicted octanol–water partition coefficient (Wildman–Crippen LogP) is 2.39. The van der Waals surface area contributed by atoms with E-state index in [4.69, 9.17) is 4.74 Å². The summed E-state index contributed by atoms with van der Waals surface area (Å²) < 4.78 is 8.16. The van der Waals surface area contributed by atoms with Crippen molar-refractivity contribution in [2.45, 2.75) is 18.8 Å². The summed E-state index contributed by atoms with van der Waals surface area (Å²) in [4.78, 5) is 4.59. The minimum Gasteiger partial charge on any atom is -0.381 e. The number of hydrogen-bond acceptors (Lipinski definition) is 3. The average Bonchev–Trinajstić information content (AvgIpc) is 2.76. The Balaban J connectivity index is 2.01. The quantitative estimate of drug-likeness (QED) is 0.806. The molecule has 3 rings (SSSR count). The van der Waals surface area contributed by atoms with Gasteiger partial charge in [0.25, 0.3) is 0 Å². The highest BCUT2D eigenvalue weighted by molar-refractivity contribution is 9.10. The van der Waals surface area contributed by atoms with Crippen LogP contribution in [0.3, 0.4) is 0 Å². The van der Waals surface area contributed by atoms with Gasteiger partial charge in [-0.1, -0.05) is 0 Å². The van der Waals surface area contributed by atoms with Crippen molar-refractivity contribution in [3.05, 3.63) is 28.6 Å². The van der Waals surface area contributed by atoms with Gasteiger partial charge in [-0.2, -0.15) is 5.10 Å². The van der Waals surface area contributed by atoms with Crippen LogP contribution in [-0.2, 0) is 4.74 Å². The average molecular weight is 282 g/mol. The van der Waals surface area contributed by atoms with Crippen LogP contribution in [-0.4, -0.2) is 27.8 Å². The first kappa shape index (κ1) is 10.2. The zero-order valence-corrected chi connectivity index (χ0v) is 10.4. The van der Waals surface area contributed by atoms with E-state index in [0.29, 0.717) is 5.92 Å². The molecule has 0 unspecified atom stereocenters. The van der Waals surface area contributed by atoms with Crippen molar-refractivity contribution in [1.29, 1.82) is 0 Å². The van der Waals surface area contributed by atoms with Gasteiger partial charge in [0.1, 0.15) is 0 Å². The molecular weight excluding hydrogens is 270 g/mol. The van der Waals surface area contributed by atoms with Crippen LogP contribution in [0.15, 0.2) is 22.8 Å². The fourth-order valence-electron chi connectivity index (χ4n) is 2.02. The van der Waals surface area contributed by atoms with Gasteiger partial charge in [0.05, 0.1) is 4.47 Å². The molecule has 4 nitrogen and oxygen atoms in total. The third-order valence-corrected chi connectivity index (χ3v) is 3.54. The standard InChI is InChI=1S/C11H12BrN3O/c12-9-2-1-5-15-11(9)13-10(14-15)8-3-6-16-7-4-8/h1-2,5,8H,3-4,6-7H2. The third kappa shape index (κ3) is 1.74. The summed E-state index contributed by atoms with van der Waals surface area (Å²) in [6.45, 7) is 1.64. The van der Waals surface area contributed by atoms with E-state index in [1.807, 2.05) is 22.8 Å². The van der Waals surface area contributed by atoms with Crippen LogP contribution in [0.5, 0.6) is 0 Å². The van der Waals surface area contributed by atoms with Gasteiger partial charge in [-0.05, 0) is 40.9 Å². The number of nitrogens with zero attached hydrogens (tertiary/aromatic N) is 3. The van der Waals surface area contributed by atoms with Gasteiger partial charge in [0.15, 0.2) is 11.5 Å². The summed E-state index contributed by atoms with van der Waals surface area (Å²) >= 11 is 3.49. The summed E-state index contributed by atoms with van der Waals surface area (Å²) in [6, 6.07) is 3.94. The molecule has 0 spiro atoms. The summed E-state index contributed by atoms with van der Waals surface area (Å²) in [5, 5.41) is 4.52. The van der Waals surface area contributed by atoms with E-state index in [-0.39, 0.29) is 0 Å². The second kappa shape index (κ2) is 4.14. The van der Waals surface area contributed by atoms with Crippen LogP contribution in [0.4, 0.5) is 0 Å². The molecule has 0 radical (unpaired) electrons. The molecule has 0 N–H and O–H groups in total. The van der Waals surface area contributed by atoms with Gasteiger partial charge in [0, 0.05) is 25.3 Å². The molecule has 0 aliphatic carbocycles. The number of hydrogen-bond donors (Lipinski definition) is 0. The summed E-state index contributed by atoms with van der Waals surface area (Å²) in [5.74, 6) is 1.38. The van der Waals surface area contributed by atoms with E-state index in [9.17, 15) is 0 Å². The molecule has 0 bridgehead atoms. The Labute approximate surface area is 102 Å². The van der Waals surface area contributed by atoms with Gasteiger partial charge >= 0.3 is 0 Å². The molecule has 1 aliphatic rings. The number of pyridine rings is 1. The van der Waals surface area contributed by atoms with Crippen LogP contribution in [0.1, 0.15) is 24.6 Å². The number of fused-ring (bicyclic) bond motifs is 1. The monoisotopic (exact) mass is 281 g/mol. The van der Waals surface area contributed by atoms with Gasteiger partial charge in [-0.15, -0.1) is 0 Å². The van der Waals surface area contributed by atoms with Crippen molar-refractivity contribution in [3.63, 3.8) is 0 Å². The maximum absolute atomic E-state index is 5.35. The third-order valence-electron chi connectivity index (χ3n) is 2.92. The number of ether oxygens (including phenoxy) is 1. The fourth-order valence-corrected chi connectivity index (χ4v) is 2.44. The second-order valence-corrected chi connectivity index (χ2v) is 4.84. The molecule has 1 fully saturated rings. The van der Waals surface area contributed by atoms with Gasteiger partial charge in [-0.3, -0.25) is 0 Å². The Morgan fingerprint density at radius 1 is 1.38 bits per heavy atom. The first-order valence-corrected chi connectivity index (χ1v) is 6.22. The SMILES string of the molecule is Brc1cccn2nc(C3CCOCC3)nc12. The Morgan fingerprint density at radius 3 is 2.94 bits per heavy atom. The molecule has 0 aromatic carbocycles. The van der Waals surface area contributed by atoms with Gasteiger partial charge in [0.2, 0.25) is 0 Å². The lowest BCUT2D eigenvalue weighted by Crippen LogP contribution is -2.15. The summed E-state index contributed by atoms with van der Waals surface area (Å²) in [7, 11) is 0. The van der Waals surface area contributed by atoms with E-state index in [1.54, 1.807) is 0 Å². The number of halogens is 1. The predicted molar refractivity (Wildman–Crippen MR) is 63.5 cm³/mol. The van der Waals surface area contributed by atoms with Crippen LogP contribution < -0.4 is 0 Å². The minimum absolute atomic E-state index is 0.445. The van der Waals surface area contributed by atoms with Crippen molar-refractivity contribution in [1.82, 2.24) is 14.6 Å². The van der Waals surface area contributed by atoms with Crippen molar-refractivity contribution < 1.29 is 4.74 Å². The van der Waals surface area contributed by atoms with E-state index in [2.05, 4.69) is 26.0 Å². The summed E-state index contributed by atoms with van der Waals surface area (Å²) in [5.41, 5.74) is 0.893. The highest BCUT2D eigenvalue weighted by atomic mass is 79.9. The van der Waals surface area contributed by atoms with Crippen LogP contribution in [0, 0.1) is 0 Å². The molecule has 2 aromatic rings. The highest BCUT2D eigenvalue weighted by Crippen LogP contribution is 2.25. The Hall–Kier alpha value is -0.940. The molecular formula is C11H12BrN3O. The molecule has 2 aromatic heterocycles. The Kier molecular flexibility index (Phi) is 2.65. The van der Waals surface area contributed by atoms with Crippen molar-refractivity contribution in [2.24, 2.45) is 0 Å². The highest BCUT2D eigenvalue weighted by Gasteiger charge is 2.20. The molecule has 0 atom stereocenters. The van der Waals surface area contributed by atoms with Crippen LogP contribution in [0.25, 0.3) is 5.65 Å². The molecule has 1 aliphatic heterocycles. The zero-order chi connectivity index (χ0) is 11.0. The Bertz CT molecular complexity index is 505. The Morgan fingerprint density at radius 2 is 2.19 bits per heavy atom. The molecule has 5 heteroatoms. The van der Waals surface area contributed by atoms with Gasteiger partial charge < -0.3 is 4.74 Å². The number of aromatic nitrogens is 3. The van der Waals surface area contributed by atoms with Crippen molar-refractivity contribution >= 4 is 21.6 Å². The zero-order valence-electron chi connectivity index (χ0n) is 8.77. The molecule has 84 valence electrons. The minimum atomic E-state index is 0.445. The molecule has 0 amide bonds. The van der Waals surface area contributed by atoms with E-state index in [0.717, 1.165) is 42.0 Å². The van der Waals surface area contributed by atoms with Gasteiger partial charge in [-0.25, -0.2) is 9.50 Å². The van der Waals surface area contributed by atoms with Crippen molar-refractivity contribution in [2.75, 3.05) is 13.2 Å². The molecule has 1 saturated heterocycles. The first-order valence-electron chi connectivity index (χ1n) is 5.43. The van der Waals surface area contributed by atoms with E-state index < -0.39 is 0 Å². The lowest BCUT2D eigenvalue weighted by atomic mass is 10.00. The second-order valence-electron chi connectivity index (χ2n) is 3.98. The van der Waals surface area contributed by atoms with Crippen LogP contribution >= 0.6 is 15.9 Å². The molecule has 0 saturated carbocycles. The van der Waals surface area contributed by atoms with Crippen LogP contribution in [0.2, 0.25) is 0 Å². The van der Waals surface area contributed by atoms with Crippen molar-refractivity contribution in [3.8, 4) is 0 Å². The maximum Gasteiger partial charge on any atom is 0.169 e. The topological polar surface area (TPSA) is 39.4 Å². The fraction of sp³-hybridized carbons (Fsp3) is 0.455. The molecule has 16 heavy (non-hydrogen) atoms. The maximum atomic E-state index is 5.35.